The summed E-state index contributed by atoms with van der Waals surface area (Å²) < 4.78 is 29.3. The van der Waals surface area contributed by atoms with Gasteiger partial charge in [0.1, 0.15) is 10.6 Å². The van der Waals surface area contributed by atoms with E-state index in [1.54, 1.807) is 11.8 Å². The van der Waals surface area contributed by atoms with Crippen LogP contribution in [0.15, 0.2) is 6.07 Å². The van der Waals surface area contributed by atoms with Crippen LogP contribution in [0.2, 0.25) is 0 Å². The molecule has 0 saturated carbocycles. The van der Waals surface area contributed by atoms with Gasteiger partial charge >= 0.3 is 6.61 Å². The van der Waals surface area contributed by atoms with Gasteiger partial charge in [0.05, 0.1) is 0 Å². The largest absolute Gasteiger partial charge is 0.433 e. The Kier molecular flexibility index (Phi) is 4.53. The third-order valence-electron chi connectivity index (χ3n) is 3.83. The first kappa shape index (κ1) is 16.2. The van der Waals surface area contributed by atoms with Gasteiger partial charge < -0.3 is 15.4 Å². The van der Waals surface area contributed by atoms with Gasteiger partial charge in [0.15, 0.2) is 0 Å². The van der Waals surface area contributed by atoms with Gasteiger partial charge in [-0.3, -0.25) is 4.79 Å². The zero-order chi connectivity index (χ0) is 15.8. The van der Waals surface area contributed by atoms with E-state index in [9.17, 15) is 13.6 Å². The Bertz CT molecular complexity index is 531. The second kappa shape index (κ2) is 5.88. The first-order chi connectivity index (χ1) is 9.70. The van der Waals surface area contributed by atoms with Crippen LogP contribution in [0, 0.1) is 12.3 Å². The van der Waals surface area contributed by atoms with Gasteiger partial charge in [-0.15, -0.1) is 11.3 Å². The van der Waals surface area contributed by atoms with Gasteiger partial charge in [0, 0.05) is 24.0 Å². The molecule has 0 aromatic carbocycles. The zero-order valence-electron chi connectivity index (χ0n) is 12.4. The standard InChI is InChI=1S/C14H20F2N2O2S/c1-8-6-9(20-13(15)16)11(21-8)12(19)18-5-4-10(17)14(2,3)7-18/h6,10,13H,4-5,7,17H2,1-3H3. The van der Waals surface area contributed by atoms with Crippen LogP contribution in [0.25, 0.3) is 0 Å². The number of ether oxygens (including phenoxy) is 1. The molecule has 21 heavy (non-hydrogen) atoms. The maximum absolute atomic E-state index is 12.6. The molecule has 1 aliphatic rings. The summed E-state index contributed by atoms with van der Waals surface area (Å²) in [5, 5.41) is 0. The normalized spacial score (nSPS) is 21.7. The number of likely N-dealkylation sites (tertiary alicyclic amines) is 1. The summed E-state index contributed by atoms with van der Waals surface area (Å²) in [7, 11) is 0. The number of amides is 1. The smallest absolute Gasteiger partial charge is 0.387 e. The van der Waals surface area contributed by atoms with E-state index in [1.165, 1.54) is 17.4 Å². The highest BCUT2D eigenvalue weighted by atomic mass is 32.1. The summed E-state index contributed by atoms with van der Waals surface area (Å²) in [4.78, 5) is 15.3. The van der Waals surface area contributed by atoms with Crippen LogP contribution in [-0.2, 0) is 0 Å². The zero-order valence-corrected chi connectivity index (χ0v) is 13.2. The minimum Gasteiger partial charge on any atom is -0.433 e. The van der Waals surface area contributed by atoms with E-state index < -0.39 is 6.61 Å². The van der Waals surface area contributed by atoms with E-state index in [2.05, 4.69) is 4.74 Å². The van der Waals surface area contributed by atoms with Gasteiger partial charge in [-0.2, -0.15) is 8.78 Å². The number of piperidine rings is 1. The van der Waals surface area contributed by atoms with Crippen molar-refractivity contribution in [1.82, 2.24) is 4.90 Å². The van der Waals surface area contributed by atoms with Gasteiger partial charge in [0.2, 0.25) is 0 Å². The van der Waals surface area contributed by atoms with Crippen molar-refractivity contribution in [2.75, 3.05) is 13.1 Å². The lowest BCUT2D eigenvalue weighted by atomic mass is 9.79. The number of hydrogen-bond acceptors (Lipinski definition) is 4. The summed E-state index contributed by atoms with van der Waals surface area (Å²) >= 11 is 1.18. The molecular weight excluding hydrogens is 298 g/mol. The van der Waals surface area contributed by atoms with E-state index in [0.717, 1.165) is 4.88 Å². The van der Waals surface area contributed by atoms with Gasteiger partial charge in [-0.1, -0.05) is 13.8 Å². The number of aryl methyl sites for hydroxylation is 1. The van der Waals surface area contributed by atoms with Crippen LogP contribution in [0.1, 0.15) is 34.8 Å². The van der Waals surface area contributed by atoms with Crippen molar-refractivity contribution < 1.29 is 18.3 Å². The Labute approximate surface area is 126 Å². The maximum Gasteiger partial charge on any atom is 0.387 e. The van der Waals surface area contributed by atoms with Crippen molar-refractivity contribution in [3.05, 3.63) is 15.8 Å². The summed E-state index contributed by atoms with van der Waals surface area (Å²) in [6.45, 7) is 3.89. The number of halogens is 2. The molecule has 118 valence electrons. The Hall–Kier alpha value is -1.21. The molecule has 4 nitrogen and oxygen atoms in total. The van der Waals surface area contributed by atoms with Crippen LogP contribution >= 0.6 is 11.3 Å². The van der Waals surface area contributed by atoms with Crippen LogP contribution in [0.3, 0.4) is 0 Å². The highest BCUT2D eigenvalue weighted by Crippen LogP contribution is 2.34. The lowest BCUT2D eigenvalue weighted by Gasteiger charge is -2.42. The van der Waals surface area contributed by atoms with E-state index in [0.29, 0.717) is 19.5 Å². The van der Waals surface area contributed by atoms with Crippen molar-refractivity contribution in [3.8, 4) is 5.75 Å². The Balaban J connectivity index is 2.20. The fourth-order valence-corrected chi connectivity index (χ4v) is 3.43. The number of carbonyl (C=O) groups is 1. The highest BCUT2D eigenvalue weighted by molar-refractivity contribution is 7.14. The monoisotopic (exact) mass is 318 g/mol. The van der Waals surface area contributed by atoms with Crippen molar-refractivity contribution in [1.29, 1.82) is 0 Å². The first-order valence-corrected chi connectivity index (χ1v) is 7.62. The van der Waals surface area contributed by atoms with E-state index >= 15 is 0 Å². The molecule has 1 amide bonds. The Morgan fingerprint density at radius 2 is 2.24 bits per heavy atom. The molecule has 1 aromatic rings. The average Bonchev–Trinajstić information content (AvgIpc) is 2.71. The van der Waals surface area contributed by atoms with Crippen molar-refractivity contribution in [3.63, 3.8) is 0 Å². The number of hydrogen-bond donors (Lipinski definition) is 1. The third kappa shape index (κ3) is 3.52. The van der Waals surface area contributed by atoms with Gasteiger partial charge in [-0.25, -0.2) is 0 Å². The van der Waals surface area contributed by atoms with E-state index in [1.807, 2.05) is 13.8 Å². The summed E-state index contributed by atoms with van der Waals surface area (Å²) in [5.41, 5.74) is 5.86. The summed E-state index contributed by atoms with van der Waals surface area (Å²) in [5.74, 6) is -0.297. The number of thiophene rings is 1. The molecule has 0 bridgehead atoms. The van der Waals surface area contributed by atoms with Crippen LogP contribution in [0.4, 0.5) is 8.78 Å². The maximum atomic E-state index is 12.6. The first-order valence-electron chi connectivity index (χ1n) is 6.81. The van der Waals surface area contributed by atoms with Crippen LogP contribution < -0.4 is 10.5 Å². The average molecular weight is 318 g/mol. The van der Waals surface area contributed by atoms with Crippen molar-refractivity contribution in [2.24, 2.45) is 11.1 Å². The molecule has 1 aromatic heterocycles. The predicted octanol–water partition coefficient (Wildman–Crippen LogP) is 2.86. The minimum absolute atomic E-state index is 0.0309. The molecule has 2 heterocycles. The Morgan fingerprint density at radius 1 is 1.57 bits per heavy atom. The number of rotatable bonds is 3. The number of alkyl halides is 2. The molecule has 1 fully saturated rings. The third-order valence-corrected chi connectivity index (χ3v) is 4.85. The minimum atomic E-state index is -2.93. The lowest BCUT2D eigenvalue weighted by molar-refractivity contribution is -0.0500. The summed E-state index contributed by atoms with van der Waals surface area (Å²) in [6, 6.07) is 1.51. The fraction of sp³-hybridized carbons (Fsp3) is 0.643. The molecule has 1 unspecified atom stereocenters. The predicted molar refractivity (Wildman–Crippen MR) is 78.0 cm³/mol. The quantitative estimate of drug-likeness (QED) is 0.932. The molecule has 2 N–H and O–H groups in total. The topological polar surface area (TPSA) is 55.6 Å². The number of nitrogens with zero attached hydrogens (tertiary/aromatic N) is 1. The van der Waals surface area contributed by atoms with E-state index in [4.69, 9.17) is 5.73 Å². The molecule has 0 radical (unpaired) electrons. The van der Waals surface area contributed by atoms with Crippen LogP contribution in [0.5, 0.6) is 5.75 Å². The van der Waals surface area contributed by atoms with Gasteiger partial charge in [-0.05, 0) is 24.8 Å². The fourth-order valence-electron chi connectivity index (χ4n) is 2.51. The van der Waals surface area contributed by atoms with Crippen molar-refractivity contribution in [2.45, 2.75) is 39.8 Å². The molecular formula is C14H20F2N2O2S. The Morgan fingerprint density at radius 3 is 2.81 bits per heavy atom. The molecule has 2 rings (SSSR count). The molecule has 1 aliphatic heterocycles. The summed E-state index contributed by atoms with van der Waals surface area (Å²) in [6.07, 6.45) is 0.703. The van der Waals surface area contributed by atoms with Crippen molar-refractivity contribution >= 4 is 17.2 Å². The van der Waals surface area contributed by atoms with Gasteiger partial charge in [0.25, 0.3) is 5.91 Å². The number of carbonyl (C=O) groups excluding carboxylic acids is 1. The molecule has 1 saturated heterocycles. The molecule has 1 atom stereocenters. The molecule has 7 heteroatoms. The highest BCUT2D eigenvalue weighted by Gasteiger charge is 2.36. The lowest BCUT2D eigenvalue weighted by Crippen LogP contribution is -2.53. The number of nitrogens with two attached hydrogens (primary N) is 1. The molecule has 0 aliphatic carbocycles. The van der Waals surface area contributed by atoms with Crippen LogP contribution in [-0.4, -0.2) is 36.5 Å². The second-order valence-electron chi connectivity index (χ2n) is 6.04. The SMILES string of the molecule is Cc1cc(OC(F)F)c(C(=O)N2CCC(N)C(C)(C)C2)s1. The molecule has 0 spiro atoms. The van der Waals surface area contributed by atoms with E-state index in [-0.39, 0.29) is 28.0 Å². The second-order valence-corrected chi connectivity index (χ2v) is 7.30.